The molecule has 1 heterocycles. The Morgan fingerprint density at radius 1 is 0.500 bits per heavy atom. The van der Waals surface area contributed by atoms with E-state index >= 15 is 0 Å². The molecule has 0 aliphatic heterocycles. The zero-order valence-corrected chi connectivity index (χ0v) is 23.8. The van der Waals surface area contributed by atoms with Crippen LogP contribution < -0.4 is 4.90 Å². The first-order valence-corrected chi connectivity index (χ1v) is 14.6. The first-order chi connectivity index (χ1) is 20.6. The van der Waals surface area contributed by atoms with Gasteiger partial charge in [0, 0.05) is 27.4 Å². The van der Waals surface area contributed by atoms with Crippen LogP contribution in [0.4, 0.5) is 17.2 Å². The molecule has 0 bridgehead atoms. The zero-order chi connectivity index (χ0) is 28.3. The highest BCUT2D eigenvalue weighted by atomic mass is 15.2. The van der Waals surface area contributed by atoms with E-state index in [1.165, 1.54) is 44.2 Å². The molecule has 7 aromatic rings. The maximum atomic E-state index is 5.38. The fraction of sp³-hybridized carbons (Fsp3) is 0.0750. The lowest BCUT2D eigenvalue weighted by Crippen LogP contribution is -2.16. The fourth-order valence-electron chi connectivity index (χ4n) is 6.79. The lowest BCUT2D eigenvalue weighted by molar-refractivity contribution is 0.660. The predicted molar refractivity (Wildman–Crippen MR) is 177 cm³/mol. The number of rotatable bonds is 4. The van der Waals surface area contributed by atoms with Crippen LogP contribution in [0.15, 0.2) is 146 Å². The van der Waals surface area contributed by atoms with Crippen molar-refractivity contribution in [1.82, 2.24) is 4.98 Å². The van der Waals surface area contributed by atoms with E-state index in [-0.39, 0.29) is 5.41 Å². The lowest BCUT2D eigenvalue weighted by Gasteiger charge is -2.29. The summed E-state index contributed by atoms with van der Waals surface area (Å²) >= 11 is 0. The molecular weight excluding hydrogens is 508 g/mol. The average Bonchev–Trinajstić information content (AvgIpc) is 3.29. The van der Waals surface area contributed by atoms with Crippen molar-refractivity contribution < 1.29 is 0 Å². The highest BCUT2D eigenvalue weighted by Crippen LogP contribution is 2.54. The van der Waals surface area contributed by atoms with Gasteiger partial charge in [-0.3, -0.25) is 4.90 Å². The number of hydrogen-bond acceptors (Lipinski definition) is 2. The molecule has 0 radical (unpaired) electrons. The zero-order valence-electron chi connectivity index (χ0n) is 23.8. The minimum absolute atomic E-state index is 0.0936. The van der Waals surface area contributed by atoms with Gasteiger partial charge in [0.2, 0.25) is 0 Å². The molecule has 0 saturated heterocycles. The molecule has 0 amide bonds. The smallest absolute Gasteiger partial charge is 0.146 e. The number of fused-ring (bicyclic) bond motifs is 6. The lowest BCUT2D eigenvalue weighted by atomic mass is 9.82. The molecule has 1 aliphatic rings. The molecular formula is C40H30N2. The van der Waals surface area contributed by atoms with E-state index in [1.807, 2.05) is 0 Å². The Bertz CT molecular complexity index is 2110. The summed E-state index contributed by atoms with van der Waals surface area (Å²) in [6, 6.07) is 52.2. The molecule has 0 saturated carbocycles. The molecule has 0 N–H and O–H groups in total. The summed E-state index contributed by atoms with van der Waals surface area (Å²) in [4.78, 5) is 7.76. The van der Waals surface area contributed by atoms with Crippen molar-refractivity contribution in [2.24, 2.45) is 0 Å². The van der Waals surface area contributed by atoms with E-state index in [0.29, 0.717) is 0 Å². The summed E-state index contributed by atoms with van der Waals surface area (Å²) in [5, 5.41) is 3.50. The van der Waals surface area contributed by atoms with Gasteiger partial charge >= 0.3 is 0 Å². The molecule has 200 valence electrons. The average molecular weight is 539 g/mol. The second-order valence-corrected chi connectivity index (χ2v) is 11.6. The van der Waals surface area contributed by atoms with E-state index in [2.05, 4.69) is 164 Å². The first kappa shape index (κ1) is 24.6. The number of anilines is 3. The third-order valence-corrected chi connectivity index (χ3v) is 8.86. The third kappa shape index (κ3) is 3.69. The number of nitrogens with zero attached hydrogens (tertiary/aromatic N) is 2. The fourth-order valence-corrected chi connectivity index (χ4v) is 6.79. The summed E-state index contributed by atoms with van der Waals surface area (Å²) in [6.45, 7) is 4.67. The minimum atomic E-state index is -0.0936. The Morgan fingerprint density at radius 3 is 1.93 bits per heavy atom. The van der Waals surface area contributed by atoms with Crippen LogP contribution in [0.3, 0.4) is 0 Å². The highest BCUT2D eigenvalue weighted by Gasteiger charge is 2.38. The van der Waals surface area contributed by atoms with E-state index in [0.717, 1.165) is 28.1 Å². The number of pyridine rings is 1. The van der Waals surface area contributed by atoms with Gasteiger partial charge in [0.05, 0.1) is 11.2 Å². The molecule has 8 rings (SSSR count). The molecule has 6 aromatic carbocycles. The Kier molecular flexibility index (Phi) is 5.52. The van der Waals surface area contributed by atoms with Crippen LogP contribution in [0.25, 0.3) is 43.9 Å². The van der Waals surface area contributed by atoms with Gasteiger partial charge in [0.15, 0.2) is 0 Å². The van der Waals surface area contributed by atoms with Crippen molar-refractivity contribution >= 4 is 38.9 Å². The Hall–Kier alpha value is -5.21. The van der Waals surface area contributed by atoms with Crippen LogP contribution in [0, 0.1) is 0 Å². The summed E-state index contributed by atoms with van der Waals surface area (Å²) in [7, 11) is 0. The first-order valence-electron chi connectivity index (χ1n) is 14.6. The highest BCUT2D eigenvalue weighted by molar-refractivity contribution is 6.12. The Labute approximate surface area is 246 Å². The largest absolute Gasteiger partial charge is 0.294 e. The van der Waals surface area contributed by atoms with Gasteiger partial charge in [-0.1, -0.05) is 135 Å². The number of hydrogen-bond donors (Lipinski definition) is 0. The molecule has 2 nitrogen and oxygen atoms in total. The monoisotopic (exact) mass is 538 g/mol. The molecule has 0 atom stereocenters. The van der Waals surface area contributed by atoms with Crippen molar-refractivity contribution in [3.8, 4) is 22.3 Å². The molecule has 0 unspecified atom stereocenters. The molecule has 42 heavy (non-hydrogen) atoms. The van der Waals surface area contributed by atoms with Crippen LogP contribution in [-0.2, 0) is 5.41 Å². The van der Waals surface area contributed by atoms with Crippen molar-refractivity contribution in [2.45, 2.75) is 19.3 Å². The molecule has 2 heteroatoms. The van der Waals surface area contributed by atoms with Crippen LogP contribution in [0.2, 0.25) is 0 Å². The van der Waals surface area contributed by atoms with Gasteiger partial charge < -0.3 is 0 Å². The molecule has 0 spiro atoms. The number of para-hydroxylation sites is 1. The van der Waals surface area contributed by atoms with Gasteiger partial charge in [-0.05, 0) is 57.5 Å². The van der Waals surface area contributed by atoms with Gasteiger partial charge in [0.25, 0.3) is 0 Å². The van der Waals surface area contributed by atoms with Gasteiger partial charge in [0.1, 0.15) is 5.82 Å². The maximum absolute atomic E-state index is 5.38. The minimum Gasteiger partial charge on any atom is -0.294 e. The van der Waals surface area contributed by atoms with E-state index in [4.69, 9.17) is 4.98 Å². The summed E-state index contributed by atoms with van der Waals surface area (Å²) in [5.74, 6) is 0.937. The van der Waals surface area contributed by atoms with Crippen molar-refractivity contribution in [1.29, 1.82) is 0 Å². The standard InChI is InChI=1S/C40H30N2/c1-40(2)34-19-10-8-18-33(34)38-35(40)20-12-22-37(38)42(29-25-23-28(24-26-29)27-13-4-3-5-14-27)39-32-17-7-6-15-30(32)31-16-9-11-21-36(31)41-39/h3-26H,1-2H3. The van der Waals surface area contributed by atoms with Gasteiger partial charge in [-0.2, -0.15) is 0 Å². The molecule has 1 aromatic heterocycles. The van der Waals surface area contributed by atoms with Crippen LogP contribution in [0.1, 0.15) is 25.0 Å². The topological polar surface area (TPSA) is 16.1 Å². The second-order valence-electron chi connectivity index (χ2n) is 11.6. The molecule has 0 fully saturated rings. The van der Waals surface area contributed by atoms with Crippen LogP contribution in [0.5, 0.6) is 0 Å². The Morgan fingerprint density at radius 2 is 1.12 bits per heavy atom. The van der Waals surface area contributed by atoms with Gasteiger partial charge in [-0.25, -0.2) is 4.98 Å². The van der Waals surface area contributed by atoms with E-state index in [1.54, 1.807) is 0 Å². The number of aromatic nitrogens is 1. The SMILES string of the molecule is CC1(C)c2ccccc2-c2c(N(c3ccc(-c4ccccc4)cc3)c3nc4ccccc4c4ccccc34)cccc21. The summed E-state index contributed by atoms with van der Waals surface area (Å²) in [5.41, 5.74) is 10.8. The summed E-state index contributed by atoms with van der Waals surface area (Å²) < 4.78 is 0. The molecule has 1 aliphatic carbocycles. The Balaban J connectivity index is 1.44. The van der Waals surface area contributed by atoms with Crippen LogP contribution in [-0.4, -0.2) is 4.98 Å². The van der Waals surface area contributed by atoms with E-state index in [9.17, 15) is 0 Å². The normalized spacial score (nSPS) is 13.2. The maximum Gasteiger partial charge on any atom is 0.146 e. The van der Waals surface area contributed by atoms with Crippen LogP contribution >= 0.6 is 0 Å². The second kappa shape index (κ2) is 9.43. The predicted octanol–water partition coefficient (Wildman–Crippen LogP) is 10.8. The van der Waals surface area contributed by atoms with Crippen molar-refractivity contribution in [2.75, 3.05) is 4.90 Å². The third-order valence-electron chi connectivity index (χ3n) is 8.86. The van der Waals surface area contributed by atoms with E-state index < -0.39 is 0 Å². The number of benzene rings is 6. The van der Waals surface area contributed by atoms with Crippen molar-refractivity contribution in [3.63, 3.8) is 0 Å². The van der Waals surface area contributed by atoms with Gasteiger partial charge in [-0.15, -0.1) is 0 Å². The summed E-state index contributed by atoms with van der Waals surface area (Å²) in [6.07, 6.45) is 0. The quantitative estimate of drug-likeness (QED) is 0.207. The van der Waals surface area contributed by atoms with Crippen molar-refractivity contribution in [3.05, 3.63) is 157 Å².